The first-order chi connectivity index (χ1) is 17.7. The van der Waals surface area contributed by atoms with E-state index in [0.717, 1.165) is 22.8 Å². The number of pyridine rings is 4. The van der Waals surface area contributed by atoms with Crippen molar-refractivity contribution in [3.05, 3.63) is 94.7 Å². The summed E-state index contributed by atoms with van der Waals surface area (Å²) in [6, 6.07) is 22.8. The number of rotatable bonds is 4. The largest absolute Gasteiger partial charge is 0.411 e. The van der Waals surface area contributed by atoms with Gasteiger partial charge in [-0.05, 0) is 86.2 Å². The summed E-state index contributed by atoms with van der Waals surface area (Å²) in [4.78, 5) is 25.8. The standard InChI is InChI=1S/C12H8BrN5.C12H7BrN5.Tb/c2*13-12-16-11(17-18-12)10-6-3-5-9(15-10)8-4-1-2-7-14-8;/h1-7H,(H,16,17,18);1-7H;/q;-1;. The first kappa shape index (κ1) is 27.2. The Morgan fingerprint density at radius 2 is 1.16 bits per heavy atom. The molecule has 0 aliphatic rings. The fourth-order valence-electron chi connectivity index (χ4n) is 3.12. The molecular formula is C24H15Br2N10Tb-. The van der Waals surface area contributed by atoms with Crippen molar-refractivity contribution in [1.82, 2.24) is 50.3 Å². The molecule has 6 aromatic heterocycles. The van der Waals surface area contributed by atoms with Gasteiger partial charge in [0, 0.05) is 51.0 Å². The van der Waals surface area contributed by atoms with Gasteiger partial charge in [-0.2, -0.15) is 10.1 Å². The molecular weight excluding hydrogens is 747 g/mol. The Bertz CT molecular complexity index is 1460. The maximum absolute atomic E-state index is 4.50. The fraction of sp³-hybridized carbons (Fsp3) is 0. The van der Waals surface area contributed by atoms with Gasteiger partial charge in [0.15, 0.2) is 4.73 Å². The van der Waals surface area contributed by atoms with Crippen LogP contribution in [0.3, 0.4) is 0 Å². The van der Waals surface area contributed by atoms with Crippen molar-refractivity contribution in [2.45, 2.75) is 0 Å². The van der Waals surface area contributed by atoms with Crippen molar-refractivity contribution in [2.75, 3.05) is 0 Å². The molecule has 0 fully saturated rings. The third kappa shape index (κ3) is 7.12. The Balaban J connectivity index is 0.000000168. The smallest absolute Gasteiger partial charge is 0.200 e. The van der Waals surface area contributed by atoms with Crippen LogP contribution in [0, 0.1) is 38.6 Å². The zero-order valence-electron chi connectivity index (χ0n) is 18.7. The van der Waals surface area contributed by atoms with Crippen LogP contribution in [0.1, 0.15) is 0 Å². The maximum Gasteiger partial charge on any atom is 0.200 e. The van der Waals surface area contributed by atoms with E-state index in [1.54, 1.807) is 12.4 Å². The molecule has 13 heteroatoms. The topological polar surface area (TPSA) is 133 Å². The van der Waals surface area contributed by atoms with Crippen LogP contribution >= 0.6 is 31.9 Å². The SMILES string of the molecule is Brc1n[n-]c(-c2cccc(-c3ccccn3)n2)n1.Brc1nc(-c2cccc(-c3ccccn3)n2)n[nH]1.[Tb]. The molecule has 0 atom stereocenters. The molecule has 0 aliphatic carbocycles. The molecule has 6 heterocycles. The number of hydrogen-bond acceptors (Lipinski definition) is 8. The van der Waals surface area contributed by atoms with E-state index in [9.17, 15) is 0 Å². The molecule has 0 bridgehead atoms. The fourth-order valence-corrected chi connectivity index (χ4v) is 3.62. The second-order valence-corrected chi connectivity index (χ2v) is 8.56. The number of aromatic amines is 1. The first-order valence-corrected chi connectivity index (χ1v) is 12.1. The molecule has 1 radical (unpaired) electrons. The maximum atomic E-state index is 4.50. The predicted octanol–water partition coefficient (Wildman–Crippen LogP) is 5.01. The van der Waals surface area contributed by atoms with Crippen LogP contribution in [0.2, 0.25) is 0 Å². The molecule has 185 valence electrons. The zero-order valence-corrected chi connectivity index (χ0v) is 24.0. The minimum Gasteiger partial charge on any atom is -0.411 e. The summed E-state index contributed by atoms with van der Waals surface area (Å²) in [6.45, 7) is 0. The van der Waals surface area contributed by atoms with Crippen molar-refractivity contribution >= 4 is 31.9 Å². The van der Waals surface area contributed by atoms with Crippen molar-refractivity contribution in [1.29, 1.82) is 0 Å². The van der Waals surface area contributed by atoms with E-state index in [1.807, 2.05) is 72.8 Å². The van der Waals surface area contributed by atoms with Gasteiger partial charge in [0.25, 0.3) is 0 Å². The van der Waals surface area contributed by atoms with Gasteiger partial charge >= 0.3 is 0 Å². The van der Waals surface area contributed by atoms with E-state index in [4.69, 9.17) is 0 Å². The number of aromatic nitrogens is 10. The van der Waals surface area contributed by atoms with Crippen LogP contribution in [0.15, 0.2) is 94.7 Å². The Morgan fingerprint density at radius 3 is 1.68 bits per heavy atom. The summed E-state index contributed by atoms with van der Waals surface area (Å²) in [5.74, 6) is 1.05. The number of halogens is 2. The van der Waals surface area contributed by atoms with Crippen LogP contribution in [0.4, 0.5) is 0 Å². The van der Waals surface area contributed by atoms with Gasteiger partial charge < -0.3 is 10.1 Å². The van der Waals surface area contributed by atoms with Crippen LogP contribution in [-0.2, 0) is 0 Å². The Labute approximate surface area is 259 Å². The summed E-state index contributed by atoms with van der Waals surface area (Å²) in [5.41, 5.74) is 4.62. The van der Waals surface area contributed by atoms with Gasteiger partial charge in [0.05, 0.1) is 33.2 Å². The third-order valence-corrected chi connectivity index (χ3v) is 5.39. The van der Waals surface area contributed by atoms with E-state index in [0.29, 0.717) is 32.5 Å². The summed E-state index contributed by atoms with van der Waals surface area (Å²) >= 11 is 6.39. The average Bonchev–Trinajstić information content (AvgIpc) is 3.58. The minimum atomic E-state index is 0. The average molecular weight is 762 g/mol. The van der Waals surface area contributed by atoms with E-state index in [2.05, 4.69) is 82.2 Å². The van der Waals surface area contributed by atoms with Crippen molar-refractivity contribution in [3.63, 3.8) is 0 Å². The van der Waals surface area contributed by atoms with Crippen LogP contribution in [-0.4, -0.2) is 45.2 Å². The van der Waals surface area contributed by atoms with Crippen LogP contribution in [0.5, 0.6) is 0 Å². The molecule has 0 saturated carbocycles. The van der Waals surface area contributed by atoms with Gasteiger partial charge in [-0.3, -0.25) is 20.2 Å². The molecule has 0 aliphatic heterocycles. The van der Waals surface area contributed by atoms with Gasteiger partial charge in [0.1, 0.15) is 5.69 Å². The summed E-state index contributed by atoms with van der Waals surface area (Å²) in [6.07, 6.45) is 3.48. The minimum absolute atomic E-state index is 0. The number of hydrogen-bond donors (Lipinski definition) is 1. The van der Waals surface area contributed by atoms with Crippen molar-refractivity contribution < 1.29 is 38.6 Å². The Hall–Kier alpha value is -2.87. The van der Waals surface area contributed by atoms with E-state index in [-0.39, 0.29) is 38.6 Å². The molecule has 0 spiro atoms. The van der Waals surface area contributed by atoms with Crippen molar-refractivity contribution in [3.8, 4) is 45.8 Å². The third-order valence-electron chi connectivity index (χ3n) is 4.69. The number of nitrogens with zero attached hydrogens (tertiary/aromatic N) is 9. The molecule has 0 amide bonds. The molecule has 0 saturated heterocycles. The molecule has 6 aromatic rings. The first-order valence-electron chi connectivity index (χ1n) is 10.5. The quantitative estimate of drug-likeness (QED) is 0.263. The number of H-pyrrole nitrogens is 1. The molecule has 1 N–H and O–H groups in total. The van der Waals surface area contributed by atoms with Gasteiger partial charge in [-0.25, -0.2) is 9.97 Å². The molecule has 6 rings (SSSR count). The summed E-state index contributed by atoms with van der Waals surface area (Å²) < 4.78 is 1.05. The second-order valence-electron chi connectivity index (χ2n) is 7.10. The second kappa shape index (κ2) is 13.1. The van der Waals surface area contributed by atoms with Gasteiger partial charge in [0.2, 0.25) is 5.82 Å². The van der Waals surface area contributed by atoms with E-state index >= 15 is 0 Å². The van der Waals surface area contributed by atoms with Gasteiger partial charge in [-0.15, -0.1) is 0 Å². The zero-order chi connectivity index (χ0) is 24.7. The monoisotopic (exact) mass is 760 g/mol. The Kier molecular flexibility index (Phi) is 9.60. The van der Waals surface area contributed by atoms with Gasteiger partial charge in [-0.1, -0.05) is 24.3 Å². The molecule has 0 unspecified atom stereocenters. The molecule has 0 aromatic carbocycles. The molecule has 37 heavy (non-hydrogen) atoms. The van der Waals surface area contributed by atoms with Crippen LogP contribution in [0.25, 0.3) is 45.8 Å². The summed E-state index contributed by atoms with van der Waals surface area (Å²) in [7, 11) is 0. The summed E-state index contributed by atoms with van der Waals surface area (Å²) in [5, 5.41) is 14.5. The normalized spacial score (nSPS) is 10.2. The van der Waals surface area contributed by atoms with E-state index in [1.165, 1.54) is 0 Å². The van der Waals surface area contributed by atoms with Crippen LogP contribution < -0.4 is 5.10 Å². The number of nitrogens with one attached hydrogen (secondary N) is 1. The van der Waals surface area contributed by atoms with Crippen molar-refractivity contribution in [2.24, 2.45) is 0 Å². The Morgan fingerprint density at radius 1 is 0.595 bits per heavy atom. The van der Waals surface area contributed by atoms with E-state index < -0.39 is 0 Å². The molecule has 10 nitrogen and oxygen atoms in total. The predicted molar refractivity (Wildman–Crippen MR) is 140 cm³/mol.